The van der Waals surface area contributed by atoms with Crippen molar-refractivity contribution in [3.05, 3.63) is 54.4 Å². The number of nitrogens with zero attached hydrogens (tertiary/aromatic N) is 2. The first-order valence-corrected chi connectivity index (χ1v) is 8.36. The van der Waals surface area contributed by atoms with Crippen molar-refractivity contribution in [2.75, 3.05) is 5.32 Å². The van der Waals surface area contributed by atoms with E-state index in [1.54, 1.807) is 11.3 Å². The molecule has 1 aromatic carbocycles. The van der Waals surface area contributed by atoms with Gasteiger partial charge in [-0.1, -0.05) is 29.5 Å². The maximum Gasteiger partial charge on any atom is 0.190 e. The molecule has 1 aliphatic rings. The lowest BCUT2D eigenvalue weighted by molar-refractivity contribution is 0.859. The molecule has 0 bridgehead atoms. The minimum atomic E-state index is 0.365. The van der Waals surface area contributed by atoms with Gasteiger partial charge in [-0.25, -0.2) is 4.98 Å². The molecule has 110 valence electrons. The van der Waals surface area contributed by atoms with Crippen molar-refractivity contribution >= 4 is 44.0 Å². The zero-order valence-corrected chi connectivity index (χ0v) is 13.3. The monoisotopic (exact) mass is 326 g/mol. The Labute approximate surface area is 137 Å². The van der Waals surface area contributed by atoms with Crippen LogP contribution in [0.1, 0.15) is 18.0 Å². The summed E-state index contributed by atoms with van der Waals surface area (Å²) in [4.78, 5) is 8.92. The molecule has 0 spiro atoms. The van der Waals surface area contributed by atoms with E-state index in [2.05, 4.69) is 32.7 Å². The molecule has 2 aromatic heterocycles. The number of para-hydroxylation sites is 1. The molecule has 0 saturated heterocycles. The van der Waals surface area contributed by atoms with Crippen molar-refractivity contribution in [3.8, 4) is 0 Å². The van der Waals surface area contributed by atoms with Gasteiger partial charge in [-0.3, -0.25) is 4.98 Å². The van der Waals surface area contributed by atoms with E-state index < -0.39 is 0 Å². The van der Waals surface area contributed by atoms with Crippen LogP contribution in [0.3, 0.4) is 0 Å². The van der Waals surface area contributed by atoms with Gasteiger partial charge in [-0.05, 0) is 42.9 Å². The van der Waals surface area contributed by atoms with E-state index in [4.69, 9.17) is 12.2 Å². The van der Waals surface area contributed by atoms with Crippen molar-refractivity contribution < 1.29 is 0 Å². The standard InChI is InChI=1S/C16H14N4S2/c21-15(18-13-9-10(13)11-5-3-4-8-17-11)20-16-19-12-6-1-2-7-14(12)22-16/h1-8,10,13H,9H2,(H2,18,19,20,21). The van der Waals surface area contributed by atoms with Gasteiger partial charge in [-0.2, -0.15) is 0 Å². The van der Waals surface area contributed by atoms with Crippen LogP contribution >= 0.6 is 23.6 Å². The highest BCUT2D eigenvalue weighted by Gasteiger charge is 2.39. The summed E-state index contributed by atoms with van der Waals surface area (Å²) < 4.78 is 1.16. The average molecular weight is 326 g/mol. The summed E-state index contributed by atoms with van der Waals surface area (Å²) in [6.45, 7) is 0. The molecule has 1 fully saturated rings. The van der Waals surface area contributed by atoms with E-state index in [9.17, 15) is 0 Å². The van der Waals surface area contributed by atoms with Crippen molar-refractivity contribution in [1.29, 1.82) is 0 Å². The lowest BCUT2D eigenvalue weighted by Gasteiger charge is -2.07. The third-order valence-corrected chi connectivity index (χ3v) is 4.86. The molecule has 2 heterocycles. The molecule has 0 amide bonds. The molecule has 1 aliphatic carbocycles. The summed E-state index contributed by atoms with van der Waals surface area (Å²) in [5.41, 5.74) is 2.12. The second kappa shape index (κ2) is 5.62. The number of nitrogens with one attached hydrogen (secondary N) is 2. The Morgan fingerprint density at radius 3 is 2.86 bits per heavy atom. The SMILES string of the molecule is S=C(Nc1nc2ccccc2s1)NC1CC1c1ccccn1. The maximum atomic E-state index is 5.38. The zero-order chi connectivity index (χ0) is 14.9. The summed E-state index contributed by atoms with van der Waals surface area (Å²) >= 11 is 6.99. The van der Waals surface area contributed by atoms with Crippen LogP contribution in [0.4, 0.5) is 5.13 Å². The van der Waals surface area contributed by atoms with Crippen molar-refractivity contribution in [2.45, 2.75) is 18.4 Å². The number of thiocarbonyl (C=S) groups is 1. The van der Waals surface area contributed by atoms with Crippen LogP contribution in [0.2, 0.25) is 0 Å². The van der Waals surface area contributed by atoms with Crippen LogP contribution in [0.5, 0.6) is 0 Å². The van der Waals surface area contributed by atoms with Gasteiger partial charge in [0.15, 0.2) is 10.2 Å². The summed E-state index contributed by atoms with van der Waals surface area (Å²) in [5.74, 6) is 0.455. The average Bonchev–Trinajstić information content (AvgIpc) is 3.17. The van der Waals surface area contributed by atoms with Crippen LogP contribution in [-0.2, 0) is 0 Å². The smallest absolute Gasteiger partial charge is 0.190 e. The van der Waals surface area contributed by atoms with Crippen molar-refractivity contribution in [3.63, 3.8) is 0 Å². The third kappa shape index (κ3) is 2.80. The molecule has 0 aliphatic heterocycles. The molecule has 2 unspecified atom stereocenters. The van der Waals surface area contributed by atoms with Crippen LogP contribution in [0, 0.1) is 0 Å². The van der Waals surface area contributed by atoms with E-state index in [1.165, 1.54) is 0 Å². The Morgan fingerprint density at radius 1 is 1.18 bits per heavy atom. The molecular formula is C16H14N4S2. The maximum absolute atomic E-state index is 5.38. The molecule has 22 heavy (non-hydrogen) atoms. The number of thiazole rings is 1. The second-order valence-corrected chi connectivity index (χ2v) is 6.73. The number of aromatic nitrogens is 2. The number of pyridine rings is 1. The number of hydrogen-bond donors (Lipinski definition) is 2. The number of hydrogen-bond acceptors (Lipinski definition) is 4. The van der Waals surface area contributed by atoms with E-state index in [1.807, 2.05) is 36.5 Å². The van der Waals surface area contributed by atoms with Crippen molar-refractivity contribution in [1.82, 2.24) is 15.3 Å². The molecule has 2 atom stereocenters. The fourth-order valence-corrected chi connectivity index (χ4v) is 3.69. The molecule has 6 heteroatoms. The summed E-state index contributed by atoms with van der Waals surface area (Å²) in [6, 6.07) is 14.5. The normalized spacial score (nSPS) is 19.8. The number of rotatable bonds is 3. The number of anilines is 1. The lowest BCUT2D eigenvalue weighted by atomic mass is 10.2. The molecular weight excluding hydrogens is 312 g/mol. The van der Waals surface area contributed by atoms with E-state index in [0.717, 1.165) is 27.5 Å². The van der Waals surface area contributed by atoms with Crippen LogP contribution in [-0.4, -0.2) is 21.1 Å². The second-order valence-electron chi connectivity index (χ2n) is 5.29. The van der Waals surface area contributed by atoms with Crippen molar-refractivity contribution in [2.24, 2.45) is 0 Å². The first-order chi connectivity index (χ1) is 10.8. The van der Waals surface area contributed by atoms with Gasteiger partial charge in [0.25, 0.3) is 0 Å². The predicted octanol–water partition coefficient (Wildman–Crippen LogP) is 3.53. The largest absolute Gasteiger partial charge is 0.359 e. The third-order valence-electron chi connectivity index (χ3n) is 3.69. The van der Waals surface area contributed by atoms with Gasteiger partial charge in [-0.15, -0.1) is 0 Å². The summed E-state index contributed by atoms with van der Waals surface area (Å²) in [5, 5.41) is 7.98. The van der Waals surface area contributed by atoms with Gasteiger partial charge in [0.05, 0.1) is 10.2 Å². The Kier molecular flexibility index (Phi) is 3.48. The summed E-state index contributed by atoms with van der Waals surface area (Å²) in [7, 11) is 0. The van der Waals surface area contributed by atoms with Gasteiger partial charge in [0, 0.05) is 23.9 Å². The molecule has 4 rings (SSSR count). The van der Waals surface area contributed by atoms with E-state index in [0.29, 0.717) is 17.1 Å². The van der Waals surface area contributed by atoms with E-state index in [-0.39, 0.29) is 0 Å². The highest BCUT2D eigenvalue weighted by atomic mass is 32.1. The van der Waals surface area contributed by atoms with Crippen LogP contribution in [0.25, 0.3) is 10.2 Å². The fourth-order valence-electron chi connectivity index (χ4n) is 2.50. The lowest BCUT2D eigenvalue weighted by Crippen LogP contribution is -2.31. The Morgan fingerprint density at radius 2 is 2.05 bits per heavy atom. The minimum absolute atomic E-state index is 0.365. The van der Waals surface area contributed by atoms with Gasteiger partial charge < -0.3 is 10.6 Å². The van der Waals surface area contributed by atoms with Gasteiger partial charge in [0.1, 0.15) is 0 Å². The number of fused-ring (bicyclic) bond motifs is 1. The molecule has 0 radical (unpaired) electrons. The minimum Gasteiger partial charge on any atom is -0.359 e. The first kappa shape index (κ1) is 13.6. The summed E-state index contributed by atoms with van der Waals surface area (Å²) in [6.07, 6.45) is 2.90. The molecule has 2 N–H and O–H groups in total. The Balaban J connectivity index is 1.37. The first-order valence-electron chi connectivity index (χ1n) is 7.13. The van der Waals surface area contributed by atoms with Gasteiger partial charge in [0.2, 0.25) is 0 Å². The Bertz CT molecular complexity index is 782. The predicted molar refractivity (Wildman–Crippen MR) is 94.4 cm³/mol. The fraction of sp³-hybridized carbons (Fsp3) is 0.188. The quantitative estimate of drug-likeness (QED) is 0.721. The molecule has 3 aromatic rings. The number of benzene rings is 1. The van der Waals surface area contributed by atoms with E-state index >= 15 is 0 Å². The van der Waals surface area contributed by atoms with Gasteiger partial charge >= 0.3 is 0 Å². The van der Waals surface area contributed by atoms with Crippen LogP contribution in [0.15, 0.2) is 48.7 Å². The Hall–Kier alpha value is -2.05. The highest BCUT2D eigenvalue weighted by molar-refractivity contribution is 7.80. The zero-order valence-electron chi connectivity index (χ0n) is 11.7. The molecule has 4 nitrogen and oxygen atoms in total. The molecule has 1 saturated carbocycles. The highest BCUT2D eigenvalue weighted by Crippen LogP contribution is 2.39. The van der Waals surface area contributed by atoms with Crippen LogP contribution < -0.4 is 10.6 Å². The topological polar surface area (TPSA) is 49.8 Å².